The number of aliphatic hydroxyl groups is 2. The summed E-state index contributed by atoms with van der Waals surface area (Å²) in [5.41, 5.74) is 10.3. The molecule has 2 aromatic heterocycles. The largest absolute Gasteiger partial charge is 0.393 e. The van der Waals surface area contributed by atoms with Gasteiger partial charge in [-0.05, 0) is 37.6 Å². The molecule has 5 N–H and O–H groups in total. The van der Waals surface area contributed by atoms with E-state index in [1.807, 2.05) is 58.9 Å². The number of nitrogen functional groups attached to an aromatic ring is 1. The number of nitrogens with one attached hydrogen (secondary N) is 1. The SMILES string of the molecule is C/C(=N\OCCO)c1cnc2ccc(CNc3nc(/C(C)=N/OCCO)cnc3N)cc2c1.CC.CC. The van der Waals surface area contributed by atoms with Gasteiger partial charge in [0.1, 0.15) is 24.6 Å². The van der Waals surface area contributed by atoms with E-state index in [0.29, 0.717) is 29.5 Å². The fourth-order valence-corrected chi connectivity index (χ4v) is 2.84. The van der Waals surface area contributed by atoms with E-state index in [1.165, 1.54) is 6.20 Å². The molecule has 1 aromatic carbocycles. The lowest BCUT2D eigenvalue weighted by Gasteiger charge is -2.10. The summed E-state index contributed by atoms with van der Waals surface area (Å²) in [6.45, 7) is 12.0. The maximum atomic E-state index is 8.81. The number of hydrogen-bond acceptors (Lipinski definition) is 11. The van der Waals surface area contributed by atoms with Crippen molar-refractivity contribution in [2.75, 3.05) is 37.5 Å². The van der Waals surface area contributed by atoms with Crippen molar-refractivity contribution >= 4 is 34.0 Å². The normalized spacial score (nSPS) is 11.1. The molecule has 0 fully saturated rings. The molecule has 202 valence electrons. The van der Waals surface area contributed by atoms with Gasteiger partial charge in [-0.1, -0.05) is 44.1 Å². The van der Waals surface area contributed by atoms with Gasteiger partial charge < -0.3 is 30.9 Å². The van der Waals surface area contributed by atoms with Gasteiger partial charge in [0.15, 0.2) is 11.6 Å². The number of rotatable bonds is 11. The Hall–Kier alpha value is -3.83. The van der Waals surface area contributed by atoms with Crippen LogP contribution in [0.5, 0.6) is 0 Å². The zero-order chi connectivity index (χ0) is 27.6. The van der Waals surface area contributed by atoms with Crippen LogP contribution < -0.4 is 11.1 Å². The number of oxime groups is 2. The highest BCUT2D eigenvalue weighted by molar-refractivity contribution is 6.00. The first-order valence-electron chi connectivity index (χ1n) is 12.3. The Kier molecular flexibility index (Phi) is 14.8. The first-order chi connectivity index (χ1) is 18.0. The monoisotopic (exact) mass is 513 g/mol. The molecule has 11 nitrogen and oxygen atoms in total. The molecule has 3 aromatic rings. The smallest absolute Gasteiger partial charge is 0.169 e. The molecule has 0 spiro atoms. The number of nitrogens with two attached hydrogens (primary N) is 1. The number of anilines is 2. The number of nitrogens with zero attached hydrogens (tertiary/aromatic N) is 5. The number of pyridine rings is 1. The molecule has 0 atom stereocenters. The molecular formula is C26H39N7O4. The molecule has 0 saturated carbocycles. The van der Waals surface area contributed by atoms with Gasteiger partial charge in [0.25, 0.3) is 0 Å². The summed E-state index contributed by atoms with van der Waals surface area (Å²) in [6.07, 6.45) is 3.25. The van der Waals surface area contributed by atoms with Crippen LogP contribution in [-0.2, 0) is 16.2 Å². The predicted molar refractivity (Wildman–Crippen MR) is 149 cm³/mol. The molecule has 0 aliphatic carbocycles. The van der Waals surface area contributed by atoms with Gasteiger partial charge in [-0.15, -0.1) is 0 Å². The second-order valence-electron chi connectivity index (χ2n) is 7.06. The van der Waals surface area contributed by atoms with Gasteiger partial charge in [0.05, 0.1) is 30.6 Å². The molecular weight excluding hydrogens is 474 g/mol. The second kappa shape index (κ2) is 17.6. The van der Waals surface area contributed by atoms with E-state index in [-0.39, 0.29) is 32.2 Å². The fraction of sp³-hybridized carbons (Fsp3) is 0.423. The standard InChI is InChI=1S/C22H27N7O4.2C2H6/c1-14(28-32-7-5-30)18-10-17-9-16(3-4-19(17)24-12-18)11-26-22-21(23)25-13-20(27-22)15(2)29-33-8-6-31;2*1-2/h3-4,9-10,12-13,30-31H,5-8,11H2,1-2H3,(H2,23,25)(H,26,27);2*1-2H3/b28-14+,29-15+;;. The van der Waals surface area contributed by atoms with Crippen LogP contribution in [0.4, 0.5) is 11.6 Å². The lowest BCUT2D eigenvalue weighted by molar-refractivity contribution is 0.0986. The summed E-state index contributed by atoms with van der Waals surface area (Å²) in [5, 5.41) is 29.6. The van der Waals surface area contributed by atoms with Gasteiger partial charge >= 0.3 is 0 Å². The van der Waals surface area contributed by atoms with Crippen molar-refractivity contribution in [2.45, 2.75) is 48.1 Å². The van der Waals surface area contributed by atoms with E-state index in [9.17, 15) is 0 Å². The van der Waals surface area contributed by atoms with E-state index in [4.69, 9.17) is 25.6 Å². The van der Waals surface area contributed by atoms with Gasteiger partial charge in [-0.3, -0.25) is 4.98 Å². The van der Waals surface area contributed by atoms with Crippen LogP contribution >= 0.6 is 0 Å². The van der Waals surface area contributed by atoms with E-state index >= 15 is 0 Å². The van der Waals surface area contributed by atoms with Crippen molar-refractivity contribution in [3.8, 4) is 0 Å². The number of aliphatic hydroxyl groups excluding tert-OH is 2. The lowest BCUT2D eigenvalue weighted by Crippen LogP contribution is -2.10. The summed E-state index contributed by atoms with van der Waals surface area (Å²) in [4.78, 5) is 23.1. The van der Waals surface area contributed by atoms with Crippen molar-refractivity contribution in [1.82, 2.24) is 15.0 Å². The zero-order valence-corrected chi connectivity index (χ0v) is 22.5. The summed E-state index contributed by atoms with van der Waals surface area (Å²) < 4.78 is 0. The molecule has 0 aliphatic rings. The van der Waals surface area contributed by atoms with Crippen LogP contribution in [0.3, 0.4) is 0 Å². The lowest BCUT2D eigenvalue weighted by atomic mass is 10.1. The van der Waals surface area contributed by atoms with Crippen molar-refractivity contribution in [3.63, 3.8) is 0 Å². The molecule has 37 heavy (non-hydrogen) atoms. The highest BCUT2D eigenvalue weighted by atomic mass is 16.6. The number of fused-ring (bicyclic) bond motifs is 1. The first kappa shape index (κ1) is 31.2. The van der Waals surface area contributed by atoms with Crippen LogP contribution in [0, 0.1) is 0 Å². The third-order valence-electron chi connectivity index (χ3n) is 4.56. The third kappa shape index (κ3) is 9.98. The predicted octanol–water partition coefficient (Wildman–Crippen LogP) is 3.74. The summed E-state index contributed by atoms with van der Waals surface area (Å²) >= 11 is 0. The van der Waals surface area contributed by atoms with Crippen LogP contribution in [0.15, 0.2) is 47.0 Å². The Morgan fingerprint density at radius 2 is 1.57 bits per heavy atom. The summed E-state index contributed by atoms with van der Waals surface area (Å²) in [6, 6.07) is 7.90. The van der Waals surface area contributed by atoms with E-state index in [1.54, 1.807) is 13.1 Å². The summed E-state index contributed by atoms with van der Waals surface area (Å²) in [7, 11) is 0. The Morgan fingerprint density at radius 3 is 2.22 bits per heavy atom. The van der Waals surface area contributed by atoms with E-state index in [0.717, 1.165) is 22.0 Å². The average molecular weight is 514 g/mol. The van der Waals surface area contributed by atoms with Crippen molar-refractivity contribution < 1.29 is 19.9 Å². The van der Waals surface area contributed by atoms with Crippen LogP contribution in [0.1, 0.15) is 58.4 Å². The number of hydrogen-bond donors (Lipinski definition) is 4. The molecule has 3 rings (SSSR count). The average Bonchev–Trinajstić information content (AvgIpc) is 2.94. The topological polar surface area (TPSA) is 160 Å². The molecule has 0 saturated heterocycles. The van der Waals surface area contributed by atoms with Gasteiger partial charge in [-0.25, -0.2) is 9.97 Å². The van der Waals surface area contributed by atoms with Gasteiger partial charge in [0.2, 0.25) is 0 Å². The molecule has 11 heteroatoms. The maximum Gasteiger partial charge on any atom is 0.169 e. The third-order valence-corrected chi connectivity index (χ3v) is 4.56. The Labute approximate surface area is 218 Å². The van der Waals surface area contributed by atoms with E-state index < -0.39 is 0 Å². The molecule has 0 aliphatic heterocycles. The zero-order valence-electron chi connectivity index (χ0n) is 22.5. The quantitative estimate of drug-likeness (QED) is 0.170. The molecule has 0 bridgehead atoms. The summed E-state index contributed by atoms with van der Waals surface area (Å²) in [5.74, 6) is 0.697. The fourth-order valence-electron chi connectivity index (χ4n) is 2.84. The van der Waals surface area contributed by atoms with Crippen molar-refractivity contribution in [3.05, 3.63) is 53.5 Å². The Bertz CT molecular complexity index is 1150. The van der Waals surface area contributed by atoms with Gasteiger partial charge in [0, 0.05) is 23.7 Å². The highest BCUT2D eigenvalue weighted by Gasteiger charge is 2.09. The number of aromatic nitrogens is 3. The molecule has 2 heterocycles. The molecule has 0 amide bonds. The first-order valence-corrected chi connectivity index (χ1v) is 12.3. The second-order valence-corrected chi connectivity index (χ2v) is 7.06. The Morgan fingerprint density at radius 1 is 0.919 bits per heavy atom. The minimum Gasteiger partial charge on any atom is -0.393 e. The van der Waals surface area contributed by atoms with Crippen molar-refractivity contribution in [1.29, 1.82) is 0 Å². The minimum atomic E-state index is -0.121. The van der Waals surface area contributed by atoms with Crippen LogP contribution in [0.25, 0.3) is 10.9 Å². The highest BCUT2D eigenvalue weighted by Crippen LogP contribution is 2.19. The molecule has 0 unspecified atom stereocenters. The van der Waals surface area contributed by atoms with E-state index in [2.05, 4.69) is 30.6 Å². The minimum absolute atomic E-state index is 0.0925. The van der Waals surface area contributed by atoms with Gasteiger partial charge in [-0.2, -0.15) is 0 Å². The van der Waals surface area contributed by atoms with Crippen molar-refractivity contribution in [2.24, 2.45) is 10.3 Å². The molecule has 0 radical (unpaired) electrons. The van der Waals surface area contributed by atoms with Crippen LogP contribution in [0.2, 0.25) is 0 Å². The number of benzene rings is 1. The van der Waals surface area contributed by atoms with Crippen LogP contribution in [-0.4, -0.2) is 63.0 Å². The Balaban J connectivity index is 0.00000163. The maximum absolute atomic E-state index is 8.81.